The van der Waals surface area contributed by atoms with Crippen LogP contribution >= 0.6 is 11.3 Å². The summed E-state index contributed by atoms with van der Waals surface area (Å²) in [6.45, 7) is 0. The summed E-state index contributed by atoms with van der Waals surface area (Å²) in [5, 5.41) is 14.0. The van der Waals surface area contributed by atoms with Gasteiger partial charge >= 0.3 is 0 Å². The molecule has 1 aromatic heterocycles. The maximum atomic E-state index is 10.4. The summed E-state index contributed by atoms with van der Waals surface area (Å²) in [6, 6.07) is 8.53. The quantitative estimate of drug-likeness (QED) is 0.886. The summed E-state index contributed by atoms with van der Waals surface area (Å²) in [5.74, 6) is 2.31. The van der Waals surface area contributed by atoms with Gasteiger partial charge in [-0.1, -0.05) is 24.6 Å². The molecular formula is C16H18OS. The van der Waals surface area contributed by atoms with Crippen molar-refractivity contribution in [2.24, 2.45) is 17.8 Å². The Morgan fingerprint density at radius 3 is 2.83 bits per heavy atom. The van der Waals surface area contributed by atoms with Gasteiger partial charge in [0.15, 0.2) is 0 Å². The topological polar surface area (TPSA) is 20.2 Å². The van der Waals surface area contributed by atoms with Crippen LogP contribution in [0.15, 0.2) is 29.6 Å². The van der Waals surface area contributed by atoms with E-state index in [0.29, 0.717) is 5.92 Å². The molecule has 94 valence electrons. The first-order valence-electron chi connectivity index (χ1n) is 6.98. The Labute approximate surface area is 111 Å². The number of rotatable bonds is 3. The molecule has 2 heteroatoms. The summed E-state index contributed by atoms with van der Waals surface area (Å²) in [4.78, 5) is 0. The van der Waals surface area contributed by atoms with Crippen LogP contribution in [0.3, 0.4) is 0 Å². The lowest BCUT2D eigenvalue weighted by molar-refractivity contribution is 0.136. The molecule has 2 saturated carbocycles. The SMILES string of the molecule is OC(Cc1csc2ccccc12)C1C2CCCC21. The monoisotopic (exact) mass is 258 g/mol. The average Bonchev–Trinajstić information content (AvgIpc) is 2.78. The molecule has 2 fully saturated rings. The van der Waals surface area contributed by atoms with Gasteiger partial charge in [-0.25, -0.2) is 0 Å². The number of hydrogen-bond donors (Lipinski definition) is 1. The van der Waals surface area contributed by atoms with Crippen LogP contribution in [0.25, 0.3) is 10.1 Å². The molecule has 0 aliphatic heterocycles. The van der Waals surface area contributed by atoms with Crippen LogP contribution in [0.2, 0.25) is 0 Å². The molecule has 18 heavy (non-hydrogen) atoms. The van der Waals surface area contributed by atoms with E-state index in [-0.39, 0.29) is 6.10 Å². The molecule has 1 nitrogen and oxygen atoms in total. The molecule has 1 aromatic carbocycles. The standard InChI is InChI=1S/C16H18OS/c17-14(16-12-5-3-6-13(12)16)8-10-9-18-15-7-2-1-4-11(10)15/h1-2,4,7,9,12-14,16-17H,3,5-6,8H2. The lowest BCUT2D eigenvalue weighted by Gasteiger charge is -2.12. The number of fused-ring (bicyclic) bond motifs is 2. The third-order valence-corrected chi connectivity index (χ3v) is 5.92. The summed E-state index contributed by atoms with van der Waals surface area (Å²) < 4.78 is 1.34. The van der Waals surface area contributed by atoms with Crippen molar-refractivity contribution >= 4 is 21.4 Å². The Hall–Kier alpha value is -0.860. The molecule has 2 aromatic rings. The van der Waals surface area contributed by atoms with Crippen LogP contribution in [-0.2, 0) is 6.42 Å². The second-order valence-corrected chi connectivity index (χ2v) is 6.78. The number of benzene rings is 1. The molecule has 3 unspecified atom stereocenters. The van der Waals surface area contributed by atoms with Gasteiger partial charge in [-0.2, -0.15) is 0 Å². The van der Waals surface area contributed by atoms with Crippen molar-refractivity contribution in [3.63, 3.8) is 0 Å². The zero-order valence-electron chi connectivity index (χ0n) is 10.4. The first-order chi connectivity index (χ1) is 8.84. The van der Waals surface area contributed by atoms with Gasteiger partial charge in [0.25, 0.3) is 0 Å². The minimum atomic E-state index is -0.113. The molecule has 1 N–H and O–H groups in total. The first-order valence-corrected chi connectivity index (χ1v) is 7.86. The highest BCUT2D eigenvalue weighted by Crippen LogP contribution is 2.59. The van der Waals surface area contributed by atoms with E-state index in [0.717, 1.165) is 18.3 Å². The average molecular weight is 258 g/mol. The van der Waals surface area contributed by atoms with Crippen molar-refractivity contribution in [2.45, 2.75) is 31.8 Å². The van der Waals surface area contributed by atoms with Crippen molar-refractivity contribution in [2.75, 3.05) is 0 Å². The van der Waals surface area contributed by atoms with E-state index in [9.17, 15) is 5.11 Å². The highest BCUT2D eigenvalue weighted by atomic mass is 32.1. The molecule has 0 bridgehead atoms. The van der Waals surface area contributed by atoms with Gasteiger partial charge in [0.1, 0.15) is 0 Å². The van der Waals surface area contributed by atoms with E-state index < -0.39 is 0 Å². The molecular weight excluding hydrogens is 240 g/mol. The van der Waals surface area contributed by atoms with Crippen LogP contribution in [0, 0.1) is 17.8 Å². The largest absolute Gasteiger partial charge is 0.392 e. The van der Waals surface area contributed by atoms with Crippen LogP contribution in [0.4, 0.5) is 0 Å². The van der Waals surface area contributed by atoms with Crippen molar-refractivity contribution in [3.8, 4) is 0 Å². The predicted molar refractivity (Wildman–Crippen MR) is 75.9 cm³/mol. The molecule has 4 rings (SSSR count). The summed E-state index contributed by atoms with van der Waals surface area (Å²) in [5.41, 5.74) is 1.34. The molecule has 3 atom stereocenters. The number of aliphatic hydroxyl groups is 1. The Bertz CT molecular complexity index is 563. The van der Waals surface area contributed by atoms with E-state index in [2.05, 4.69) is 29.6 Å². The zero-order valence-corrected chi connectivity index (χ0v) is 11.2. The Morgan fingerprint density at radius 1 is 1.22 bits per heavy atom. The van der Waals surface area contributed by atoms with Gasteiger partial charge in [-0.15, -0.1) is 11.3 Å². The Morgan fingerprint density at radius 2 is 2.00 bits per heavy atom. The number of aliphatic hydroxyl groups excluding tert-OH is 1. The second-order valence-electron chi connectivity index (χ2n) is 5.86. The number of thiophene rings is 1. The highest BCUT2D eigenvalue weighted by Gasteiger charge is 2.55. The van der Waals surface area contributed by atoms with Crippen molar-refractivity contribution < 1.29 is 5.11 Å². The smallest absolute Gasteiger partial charge is 0.0614 e. The lowest BCUT2D eigenvalue weighted by atomic mass is 9.99. The molecule has 0 saturated heterocycles. The normalized spacial score (nSPS) is 31.5. The maximum Gasteiger partial charge on any atom is 0.0614 e. The van der Waals surface area contributed by atoms with E-state index in [1.807, 2.05) is 0 Å². The van der Waals surface area contributed by atoms with Crippen LogP contribution in [0.1, 0.15) is 24.8 Å². The fraction of sp³-hybridized carbons (Fsp3) is 0.500. The zero-order chi connectivity index (χ0) is 12.1. The van der Waals surface area contributed by atoms with Crippen molar-refractivity contribution in [1.29, 1.82) is 0 Å². The van der Waals surface area contributed by atoms with Crippen molar-refractivity contribution in [1.82, 2.24) is 0 Å². The van der Waals surface area contributed by atoms with Crippen LogP contribution in [0.5, 0.6) is 0 Å². The molecule has 0 spiro atoms. The van der Waals surface area contributed by atoms with E-state index >= 15 is 0 Å². The minimum Gasteiger partial charge on any atom is -0.392 e. The third-order valence-electron chi connectivity index (χ3n) is 4.91. The van der Waals surface area contributed by atoms with Gasteiger partial charge < -0.3 is 5.11 Å². The Balaban J connectivity index is 1.54. The van der Waals surface area contributed by atoms with E-state index in [1.54, 1.807) is 11.3 Å². The molecule has 2 aliphatic carbocycles. The van der Waals surface area contributed by atoms with Gasteiger partial charge in [0.05, 0.1) is 6.10 Å². The number of hydrogen-bond acceptors (Lipinski definition) is 2. The predicted octanol–water partition coefficient (Wildman–Crippen LogP) is 3.85. The molecule has 1 heterocycles. The van der Waals surface area contributed by atoms with E-state index in [1.165, 1.54) is 34.9 Å². The minimum absolute atomic E-state index is 0.113. The fourth-order valence-corrected chi connectivity index (χ4v) is 4.98. The fourth-order valence-electron chi connectivity index (χ4n) is 4.00. The highest BCUT2D eigenvalue weighted by molar-refractivity contribution is 7.17. The van der Waals surface area contributed by atoms with Crippen LogP contribution in [-0.4, -0.2) is 11.2 Å². The molecule has 2 aliphatic rings. The first kappa shape index (κ1) is 11.0. The van der Waals surface area contributed by atoms with Gasteiger partial charge in [-0.05, 0) is 53.0 Å². The summed E-state index contributed by atoms with van der Waals surface area (Å²) >= 11 is 1.80. The summed E-state index contributed by atoms with van der Waals surface area (Å²) in [6.07, 6.45) is 4.84. The second kappa shape index (κ2) is 4.07. The maximum absolute atomic E-state index is 10.4. The van der Waals surface area contributed by atoms with Gasteiger partial charge in [-0.3, -0.25) is 0 Å². The molecule has 0 radical (unpaired) electrons. The van der Waals surface area contributed by atoms with Crippen molar-refractivity contribution in [3.05, 3.63) is 35.2 Å². The molecule has 0 amide bonds. The van der Waals surface area contributed by atoms with Gasteiger partial charge in [0, 0.05) is 11.1 Å². The van der Waals surface area contributed by atoms with Crippen LogP contribution < -0.4 is 0 Å². The lowest BCUT2D eigenvalue weighted by Crippen LogP contribution is -2.16. The third kappa shape index (κ3) is 1.63. The summed E-state index contributed by atoms with van der Waals surface area (Å²) in [7, 11) is 0. The van der Waals surface area contributed by atoms with Gasteiger partial charge in [0.2, 0.25) is 0 Å². The Kier molecular flexibility index (Phi) is 2.49. The van der Waals surface area contributed by atoms with E-state index in [4.69, 9.17) is 0 Å².